The molecule has 6 nitrogen and oxygen atoms in total. The second-order valence-corrected chi connectivity index (χ2v) is 9.08. The van der Waals surface area contributed by atoms with Gasteiger partial charge in [-0.25, -0.2) is 4.99 Å². The molecule has 1 unspecified atom stereocenters. The molecule has 3 atom stereocenters. The van der Waals surface area contributed by atoms with Crippen LogP contribution in [0, 0.1) is 5.92 Å². The Morgan fingerprint density at radius 1 is 1.26 bits per heavy atom. The highest BCUT2D eigenvalue weighted by molar-refractivity contribution is 6.02. The van der Waals surface area contributed by atoms with E-state index in [0.29, 0.717) is 25.4 Å². The predicted molar refractivity (Wildman–Crippen MR) is 121 cm³/mol. The fourth-order valence-electron chi connectivity index (χ4n) is 4.95. The molecule has 31 heavy (non-hydrogen) atoms. The summed E-state index contributed by atoms with van der Waals surface area (Å²) >= 11 is 0. The number of hydrogen-bond acceptors (Lipinski definition) is 5. The standard InChI is InChI=1S/C25H33N3O3/c1-3-4-10-22-26-24(30)23(21(16-29)28(22)17(2)18-11-12-18)25(31)27-14-13-20(15-27)19-8-6-5-7-9-19/h5-9,16-18,20-21,30H,3-4,10-15H2,1-2H3/t17-,20+,21?/m0/s1. The van der Waals surface area contributed by atoms with Crippen LogP contribution < -0.4 is 0 Å². The van der Waals surface area contributed by atoms with Gasteiger partial charge in [0, 0.05) is 31.5 Å². The molecule has 1 aliphatic carbocycles. The number of carbonyl (C=O) groups is 2. The number of carbonyl (C=O) groups excluding carboxylic acids is 2. The summed E-state index contributed by atoms with van der Waals surface area (Å²) in [7, 11) is 0. The lowest BCUT2D eigenvalue weighted by Crippen LogP contribution is -2.53. The molecule has 2 fully saturated rings. The van der Waals surface area contributed by atoms with E-state index in [1.54, 1.807) is 4.90 Å². The molecular formula is C25H33N3O3. The van der Waals surface area contributed by atoms with Crippen molar-refractivity contribution in [2.75, 3.05) is 13.1 Å². The number of hydrogen-bond donors (Lipinski definition) is 1. The van der Waals surface area contributed by atoms with Crippen LogP contribution >= 0.6 is 0 Å². The number of aliphatic hydroxyl groups is 1. The van der Waals surface area contributed by atoms with Crippen LogP contribution in [-0.2, 0) is 9.59 Å². The van der Waals surface area contributed by atoms with Crippen LogP contribution in [0.3, 0.4) is 0 Å². The summed E-state index contributed by atoms with van der Waals surface area (Å²) < 4.78 is 0. The first-order chi connectivity index (χ1) is 15.0. The lowest BCUT2D eigenvalue weighted by atomic mass is 9.98. The minimum atomic E-state index is -0.775. The average Bonchev–Trinajstić information content (AvgIpc) is 3.53. The predicted octanol–water partition coefficient (Wildman–Crippen LogP) is 4.04. The van der Waals surface area contributed by atoms with E-state index in [0.717, 1.165) is 44.2 Å². The van der Waals surface area contributed by atoms with Gasteiger partial charge < -0.3 is 19.7 Å². The van der Waals surface area contributed by atoms with Crippen molar-refractivity contribution < 1.29 is 14.7 Å². The molecule has 1 amide bonds. The summed E-state index contributed by atoms with van der Waals surface area (Å²) in [5, 5.41) is 10.8. The van der Waals surface area contributed by atoms with Crippen LogP contribution in [0.4, 0.5) is 0 Å². The SMILES string of the molecule is CCCCC1=NC(O)=C(C(=O)N2CC[C@@H](c3ccccc3)C2)C(C=O)N1[C@@H](C)C1CC1. The normalized spacial score (nSPS) is 24.9. The van der Waals surface area contributed by atoms with Crippen molar-refractivity contribution in [2.45, 2.75) is 70.4 Å². The van der Waals surface area contributed by atoms with Crippen LogP contribution in [0.2, 0.25) is 0 Å². The number of amidine groups is 1. The Morgan fingerprint density at radius 3 is 2.65 bits per heavy atom. The second kappa shape index (κ2) is 9.25. The van der Waals surface area contributed by atoms with Crippen LogP contribution in [0.15, 0.2) is 46.8 Å². The Labute approximate surface area is 184 Å². The van der Waals surface area contributed by atoms with E-state index in [2.05, 4.69) is 31.0 Å². The van der Waals surface area contributed by atoms with Crippen LogP contribution in [0.1, 0.15) is 63.9 Å². The zero-order valence-corrected chi connectivity index (χ0v) is 18.5. The van der Waals surface area contributed by atoms with Crippen LogP contribution in [-0.4, -0.2) is 58.1 Å². The third kappa shape index (κ3) is 4.39. The fourth-order valence-corrected chi connectivity index (χ4v) is 4.95. The van der Waals surface area contributed by atoms with E-state index in [9.17, 15) is 14.7 Å². The minimum Gasteiger partial charge on any atom is -0.493 e. The first-order valence-corrected chi connectivity index (χ1v) is 11.6. The molecule has 166 valence electrons. The molecule has 4 rings (SSSR count). The van der Waals surface area contributed by atoms with E-state index < -0.39 is 6.04 Å². The molecule has 1 saturated heterocycles. The third-order valence-electron chi connectivity index (χ3n) is 6.97. The molecule has 0 radical (unpaired) electrons. The number of unbranched alkanes of at least 4 members (excludes halogenated alkanes) is 1. The number of aldehydes is 1. The van der Waals surface area contributed by atoms with Gasteiger partial charge in [0.1, 0.15) is 23.7 Å². The second-order valence-electron chi connectivity index (χ2n) is 9.08. The molecule has 0 spiro atoms. The topological polar surface area (TPSA) is 73.2 Å². The third-order valence-corrected chi connectivity index (χ3v) is 6.97. The largest absolute Gasteiger partial charge is 0.493 e. The Morgan fingerprint density at radius 2 is 2.00 bits per heavy atom. The number of aliphatic hydroxyl groups excluding tert-OH is 1. The maximum atomic E-state index is 13.5. The molecule has 2 heterocycles. The Balaban J connectivity index is 1.59. The van der Waals surface area contributed by atoms with Gasteiger partial charge in [-0.05, 0) is 44.1 Å². The maximum Gasteiger partial charge on any atom is 0.257 e. The van der Waals surface area contributed by atoms with Gasteiger partial charge in [0.25, 0.3) is 5.91 Å². The highest BCUT2D eigenvalue weighted by Crippen LogP contribution is 2.39. The summed E-state index contributed by atoms with van der Waals surface area (Å²) in [5.41, 5.74) is 1.35. The van der Waals surface area contributed by atoms with E-state index >= 15 is 0 Å². The lowest BCUT2D eigenvalue weighted by molar-refractivity contribution is -0.128. The molecule has 0 aromatic heterocycles. The number of nitrogens with zero attached hydrogens (tertiary/aromatic N) is 3. The van der Waals surface area contributed by atoms with Crippen LogP contribution in [0.5, 0.6) is 0 Å². The Bertz CT molecular complexity index is 875. The molecule has 1 aromatic carbocycles. The molecular weight excluding hydrogens is 390 g/mol. The molecule has 2 aliphatic heterocycles. The fraction of sp³-hybridized carbons (Fsp3) is 0.560. The van der Waals surface area contributed by atoms with E-state index in [-0.39, 0.29) is 29.3 Å². The molecule has 1 saturated carbocycles. The Kier molecular flexibility index (Phi) is 6.44. The van der Waals surface area contributed by atoms with Crippen molar-refractivity contribution in [1.82, 2.24) is 9.80 Å². The van der Waals surface area contributed by atoms with Crippen molar-refractivity contribution in [1.29, 1.82) is 0 Å². The zero-order valence-electron chi connectivity index (χ0n) is 18.5. The number of likely N-dealkylation sites (tertiary alicyclic amines) is 1. The van der Waals surface area contributed by atoms with Crippen LogP contribution in [0.25, 0.3) is 0 Å². The van der Waals surface area contributed by atoms with Crippen molar-refractivity contribution in [3.05, 3.63) is 47.4 Å². The lowest BCUT2D eigenvalue weighted by Gasteiger charge is -2.40. The van der Waals surface area contributed by atoms with Gasteiger partial charge in [0.2, 0.25) is 5.88 Å². The van der Waals surface area contributed by atoms with E-state index in [1.807, 2.05) is 23.1 Å². The average molecular weight is 424 g/mol. The number of aliphatic imine (C=N–C) groups is 1. The molecule has 1 aromatic rings. The molecule has 1 N–H and O–H groups in total. The minimum absolute atomic E-state index is 0.123. The van der Waals surface area contributed by atoms with Crippen molar-refractivity contribution >= 4 is 18.0 Å². The summed E-state index contributed by atoms with van der Waals surface area (Å²) in [4.78, 5) is 34.0. The number of rotatable bonds is 8. The van der Waals surface area contributed by atoms with E-state index in [1.165, 1.54) is 5.56 Å². The summed E-state index contributed by atoms with van der Waals surface area (Å²) in [6, 6.07) is 9.55. The van der Waals surface area contributed by atoms with Crippen molar-refractivity contribution in [3.8, 4) is 0 Å². The quantitative estimate of drug-likeness (QED) is 0.641. The zero-order chi connectivity index (χ0) is 22.0. The van der Waals surface area contributed by atoms with Gasteiger partial charge in [-0.2, -0.15) is 0 Å². The Hall–Kier alpha value is -2.63. The van der Waals surface area contributed by atoms with Gasteiger partial charge >= 0.3 is 0 Å². The van der Waals surface area contributed by atoms with Crippen molar-refractivity contribution in [3.63, 3.8) is 0 Å². The van der Waals surface area contributed by atoms with E-state index in [4.69, 9.17) is 0 Å². The first-order valence-electron chi connectivity index (χ1n) is 11.6. The highest BCUT2D eigenvalue weighted by atomic mass is 16.3. The number of amides is 1. The van der Waals surface area contributed by atoms with Gasteiger partial charge in [-0.15, -0.1) is 0 Å². The van der Waals surface area contributed by atoms with Gasteiger partial charge in [0.15, 0.2) is 0 Å². The smallest absolute Gasteiger partial charge is 0.257 e. The molecule has 0 bridgehead atoms. The summed E-state index contributed by atoms with van der Waals surface area (Å²) in [6.45, 7) is 5.43. The van der Waals surface area contributed by atoms with Gasteiger partial charge in [-0.3, -0.25) is 4.79 Å². The monoisotopic (exact) mass is 423 g/mol. The number of benzene rings is 1. The van der Waals surface area contributed by atoms with Gasteiger partial charge in [-0.1, -0.05) is 43.7 Å². The highest BCUT2D eigenvalue weighted by Gasteiger charge is 2.44. The first kappa shape index (κ1) is 21.6. The summed E-state index contributed by atoms with van der Waals surface area (Å²) in [5.74, 6) is 0.974. The maximum absolute atomic E-state index is 13.5. The molecule has 3 aliphatic rings. The van der Waals surface area contributed by atoms with Crippen molar-refractivity contribution in [2.24, 2.45) is 10.9 Å². The molecule has 6 heteroatoms. The summed E-state index contributed by atoms with van der Waals surface area (Å²) in [6.07, 6.45) is 6.59. The van der Waals surface area contributed by atoms with Gasteiger partial charge in [0.05, 0.1) is 0 Å².